The van der Waals surface area contributed by atoms with Crippen LogP contribution in [-0.2, 0) is 9.59 Å². The normalized spacial score (nSPS) is 22.3. The zero-order valence-electron chi connectivity index (χ0n) is 8.99. The molecule has 1 aliphatic heterocycles. The third-order valence-corrected chi connectivity index (χ3v) is 2.54. The molecule has 0 radical (unpaired) electrons. The van der Waals surface area contributed by atoms with Crippen LogP contribution in [0.5, 0.6) is 0 Å². The summed E-state index contributed by atoms with van der Waals surface area (Å²) in [6.45, 7) is 2.72. The van der Waals surface area contributed by atoms with Gasteiger partial charge in [-0.25, -0.2) is 4.79 Å². The highest BCUT2D eigenvalue weighted by Crippen LogP contribution is 2.07. The Morgan fingerprint density at radius 2 is 2.40 bits per heavy atom. The van der Waals surface area contributed by atoms with E-state index in [1.165, 1.54) is 6.92 Å². The first kappa shape index (κ1) is 11.7. The Bertz CT molecular complexity index is 299. The second-order valence-electron chi connectivity index (χ2n) is 3.70. The van der Waals surface area contributed by atoms with Crippen LogP contribution in [0, 0.1) is 0 Å². The topological polar surface area (TPSA) is 69.6 Å². The molecule has 1 rings (SSSR count). The van der Waals surface area contributed by atoms with Gasteiger partial charge in [-0.2, -0.15) is 0 Å². The van der Waals surface area contributed by atoms with Gasteiger partial charge in [-0.15, -0.1) is 0 Å². The van der Waals surface area contributed by atoms with E-state index in [-0.39, 0.29) is 11.9 Å². The van der Waals surface area contributed by atoms with Crippen molar-refractivity contribution in [2.75, 3.05) is 20.1 Å². The van der Waals surface area contributed by atoms with E-state index >= 15 is 0 Å². The van der Waals surface area contributed by atoms with Crippen LogP contribution < -0.4 is 5.32 Å². The standard InChI is InChI=1S/C10H16N2O3/c1-7(10(14)15)3-5-11-8-4-6-12(2)9(8)13/h3,8,11H,4-6H2,1-2H3,(H,14,15)/b7-3-. The molecule has 0 saturated carbocycles. The molecule has 1 unspecified atom stereocenters. The maximum atomic E-state index is 11.4. The van der Waals surface area contributed by atoms with Crippen molar-refractivity contribution in [1.82, 2.24) is 10.2 Å². The molecule has 5 heteroatoms. The maximum Gasteiger partial charge on any atom is 0.330 e. The van der Waals surface area contributed by atoms with Crippen molar-refractivity contribution < 1.29 is 14.7 Å². The number of amides is 1. The number of hydrogen-bond donors (Lipinski definition) is 2. The number of nitrogens with one attached hydrogen (secondary N) is 1. The zero-order chi connectivity index (χ0) is 11.4. The summed E-state index contributed by atoms with van der Waals surface area (Å²) >= 11 is 0. The van der Waals surface area contributed by atoms with E-state index in [0.29, 0.717) is 12.1 Å². The number of carbonyl (C=O) groups excluding carboxylic acids is 1. The molecule has 1 fully saturated rings. The monoisotopic (exact) mass is 212 g/mol. The number of carboxylic acids is 1. The SMILES string of the molecule is C/C(=C/CNC1CCN(C)C1=O)C(=O)O. The van der Waals surface area contributed by atoms with Gasteiger partial charge in [0.1, 0.15) is 0 Å². The van der Waals surface area contributed by atoms with Crippen molar-refractivity contribution in [2.24, 2.45) is 0 Å². The lowest BCUT2D eigenvalue weighted by atomic mass is 10.2. The Kier molecular flexibility index (Phi) is 3.85. The van der Waals surface area contributed by atoms with Gasteiger partial charge in [-0.3, -0.25) is 4.79 Å². The molecule has 0 aromatic heterocycles. The van der Waals surface area contributed by atoms with Crippen molar-refractivity contribution >= 4 is 11.9 Å². The van der Waals surface area contributed by atoms with Gasteiger partial charge in [0.05, 0.1) is 6.04 Å². The molecule has 0 bridgehead atoms. The van der Waals surface area contributed by atoms with E-state index in [0.717, 1.165) is 13.0 Å². The molecular weight excluding hydrogens is 196 g/mol. The Morgan fingerprint density at radius 1 is 1.73 bits per heavy atom. The molecular formula is C10H16N2O3. The van der Waals surface area contributed by atoms with Gasteiger partial charge in [0.2, 0.25) is 5.91 Å². The third kappa shape index (κ3) is 3.06. The molecule has 0 aromatic rings. The molecule has 5 nitrogen and oxygen atoms in total. The van der Waals surface area contributed by atoms with Crippen molar-refractivity contribution in [1.29, 1.82) is 0 Å². The molecule has 1 amide bonds. The number of carboxylic acid groups (broad SMARTS) is 1. The van der Waals surface area contributed by atoms with Crippen LogP contribution in [0.4, 0.5) is 0 Å². The lowest BCUT2D eigenvalue weighted by molar-refractivity contribution is -0.132. The first-order chi connectivity index (χ1) is 7.02. The van der Waals surface area contributed by atoms with E-state index in [2.05, 4.69) is 5.32 Å². The molecule has 15 heavy (non-hydrogen) atoms. The molecule has 84 valence electrons. The van der Waals surface area contributed by atoms with Gasteiger partial charge in [0.15, 0.2) is 0 Å². The molecule has 1 saturated heterocycles. The minimum absolute atomic E-state index is 0.0800. The van der Waals surface area contributed by atoms with Crippen LogP contribution in [0.15, 0.2) is 11.6 Å². The number of likely N-dealkylation sites (N-methyl/N-ethyl adjacent to an activating group) is 1. The summed E-state index contributed by atoms with van der Waals surface area (Å²) in [6.07, 6.45) is 2.36. The van der Waals surface area contributed by atoms with E-state index in [1.54, 1.807) is 18.0 Å². The number of likely N-dealkylation sites (tertiary alicyclic amines) is 1. The first-order valence-electron chi connectivity index (χ1n) is 4.90. The summed E-state index contributed by atoms with van der Waals surface area (Å²) in [5, 5.41) is 11.6. The summed E-state index contributed by atoms with van der Waals surface area (Å²) in [4.78, 5) is 23.6. The van der Waals surface area contributed by atoms with Crippen LogP contribution in [0.25, 0.3) is 0 Å². The number of aliphatic carboxylic acids is 1. The van der Waals surface area contributed by atoms with Crippen LogP contribution in [0.3, 0.4) is 0 Å². The predicted molar refractivity (Wildman–Crippen MR) is 55.4 cm³/mol. The van der Waals surface area contributed by atoms with Gasteiger partial charge < -0.3 is 15.3 Å². The minimum atomic E-state index is -0.924. The predicted octanol–water partition coefficient (Wildman–Crippen LogP) is -0.162. The van der Waals surface area contributed by atoms with E-state index in [9.17, 15) is 9.59 Å². The number of nitrogens with zero attached hydrogens (tertiary/aromatic N) is 1. The van der Waals surface area contributed by atoms with Crippen LogP contribution in [0.2, 0.25) is 0 Å². The number of carbonyl (C=O) groups is 2. The fraction of sp³-hybridized carbons (Fsp3) is 0.600. The fourth-order valence-corrected chi connectivity index (χ4v) is 1.45. The van der Waals surface area contributed by atoms with Crippen molar-refractivity contribution in [3.05, 3.63) is 11.6 Å². The van der Waals surface area contributed by atoms with Crippen molar-refractivity contribution in [3.63, 3.8) is 0 Å². The van der Waals surface area contributed by atoms with E-state index < -0.39 is 5.97 Å². The molecule has 1 aliphatic rings. The van der Waals surface area contributed by atoms with Gasteiger partial charge in [0.25, 0.3) is 0 Å². The highest BCUT2D eigenvalue weighted by atomic mass is 16.4. The number of rotatable bonds is 4. The second kappa shape index (κ2) is 4.93. The maximum absolute atomic E-state index is 11.4. The van der Waals surface area contributed by atoms with Gasteiger partial charge >= 0.3 is 5.97 Å². The zero-order valence-corrected chi connectivity index (χ0v) is 8.99. The van der Waals surface area contributed by atoms with Crippen LogP contribution in [-0.4, -0.2) is 48.1 Å². The molecule has 0 aromatic carbocycles. The summed E-state index contributed by atoms with van der Waals surface area (Å²) < 4.78 is 0. The van der Waals surface area contributed by atoms with Gasteiger partial charge in [0, 0.05) is 25.7 Å². The van der Waals surface area contributed by atoms with Crippen LogP contribution in [0.1, 0.15) is 13.3 Å². The highest BCUT2D eigenvalue weighted by molar-refractivity contribution is 5.86. The largest absolute Gasteiger partial charge is 0.478 e. The van der Waals surface area contributed by atoms with E-state index in [4.69, 9.17) is 5.11 Å². The Hall–Kier alpha value is -1.36. The van der Waals surface area contributed by atoms with Gasteiger partial charge in [-0.1, -0.05) is 6.08 Å². The Labute approximate surface area is 88.8 Å². The molecule has 1 heterocycles. The van der Waals surface area contributed by atoms with Gasteiger partial charge in [-0.05, 0) is 13.3 Å². The van der Waals surface area contributed by atoms with Crippen molar-refractivity contribution in [3.8, 4) is 0 Å². The van der Waals surface area contributed by atoms with Crippen molar-refractivity contribution in [2.45, 2.75) is 19.4 Å². The number of hydrogen-bond acceptors (Lipinski definition) is 3. The summed E-state index contributed by atoms with van der Waals surface area (Å²) in [6, 6.07) is -0.159. The third-order valence-electron chi connectivity index (χ3n) is 2.54. The Morgan fingerprint density at radius 3 is 2.87 bits per heavy atom. The molecule has 0 aliphatic carbocycles. The lowest BCUT2D eigenvalue weighted by Crippen LogP contribution is -2.37. The van der Waals surface area contributed by atoms with Crippen LogP contribution >= 0.6 is 0 Å². The minimum Gasteiger partial charge on any atom is -0.478 e. The second-order valence-corrected chi connectivity index (χ2v) is 3.70. The lowest BCUT2D eigenvalue weighted by Gasteiger charge is -2.10. The summed E-state index contributed by atoms with van der Waals surface area (Å²) in [7, 11) is 1.77. The Balaban J connectivity index is 2.36. The average Bonchev–Trinajstić information content (AvgIpc) is 2.49. The fourth-order valence-electron chi connectivity index (χ4n) is 1.45. The summed E-state index contributed by atoms with van der Waals surface area (Å²) in [5.41, 5.74) is 0.293. The molecule has 1 atom stereocenters. The molecule has 0 spiro atoms. The smallest absolute Gasteiger partial charge is 0.330 e. The van der Waals surface area contributed by atoms with E-state index in [1.807, 2.05) is 0 Å². The average molecular weight is 212 g/mol. The molecule has 2 N–H and O–H groups in total. The quantitative estimate of drug-likeness (QED) is 0.635. The first-order valence-corrected chi connectivity index (χ1v) is 4.90. The highest BCUT2D eigenvalue weighted by Gasteiger charge is 2.27. The summed E-state index contributed by atoms with van der Waals surface area (Å²) in [5.74, 6) is -0.844.